The molecule has 0 bridgehead atoms. The maximum atomic E-state index is 11.7. The second-order valence-corrected chi connectivity index (χ2v) is 8.06. The highest BCUT2D eigenvalue weighted by Crippen LogP contribution is 2.33. The Morgan fingerprint density at radius 3 is 2.97 bits per heavy atom. The highest BCUT2D eigenvalue weighted by Gasteiger charge is 2.18. The average molecular weight is 437 g/mol. The summed E-state index contributed by atoms with van der Waals surface area (Å²) in [6, 6.07) is 13.9. The van der Waals surface area contributed by atoms with Crippen LogP contribution >= 0.6 is 11.3 Å². The Balaban J connectivity index is 1.75. The zero-order valence-electron chi connectivity index (χ0n) is 17.5. The molecule has 1 aromatic heterocycles. The molecule has 0 spiro atoms. The van der Waals surface area contributed by atoms with Crippen molar-refractivity contribution in [2.45, 2.75) is 26.8 Å². The van der Waals surface area contributed by atoms with Gasteiger partial charge in [0.2, 0.25) is 5.91 Å². The largest absolute Gasteiger partial charge is 0.482 e. The fourth-order valence-electron chi connectivity index (χ4n) is 3.41. The number of hydrogen-bond acceptors (Lipinski definition) is 5. The Labute approximate surface area is 184 Å². The lowest BCUT2D eigenvalue weighted by molar-refractivity contribution is -0.119. The molecular weight excluding hydrogens is 412 g/mol. The summed E-state index contributed by atoms with van der Waals surface area (Å²) in [6.07, 6.45) is 0.949. The van der Waals surface area contributed by atoms with Gasteiger partial charge in [-0.15, -0.1) is 11.3 Å². The zero-order chi connectivity index (χ0) is 21.8. The molecule has 1 aliphatic rings. The quantitative estimate of drug-likeness (QED) is 0.620. The Kier molecular flexibility index (Phi) is 6.18. The molecule has 0 saturated carbocycles. The molecule has 8 heteroatoms. The van der Waals surface area contributed by atoms with Crippen LogP contribution in [0.25, 0.3) is 11.3 Å². The van der Waals surface area contributed by atoms with E-state index >= 15 is 0 Å². The van der Waals surface area contributed by atoms with E-state index in [0.717, 1.165) is 28.2 Å². The van der Waals surface area contributed by atoms with Crippen LogP contribution in [0.1, 0.15) is 19.4 Å². The minimum atomic E-state index is -0.167. The van der Waals surface area contributed by atoms with E-state index in [1.807, 2.05) is 35.7 Å². The lowest BCUT2D eigenvalue weighted by Gasteiger charge is -2.19. The summed E-state index contributed by atoms with van der Waals surface area (Å²) in [7, 11) is 0. The van der Waals surface area contributed by atoms with Gasteiger partial charge < -0.3 is 19.9 Å². The summed E-state index contributed by atoms with van der Waals surface area (Å²) in [6.45, 7) is 4.72. The van der Waals surface area contributed by atoms with E-state index in [1.54, 1.807) is 11.3 Å². The van der Waals surface area contributed by atoms with Crippen LogP contribution in [0.4, 0.5) is 11.4 Å². The van der Waals surface area contributed by atoms with Crippen molar-refractivity contribution >= 4 is 34.5 Å². The average Bonchev–Trinajstić information content (AvgIpc) is 3.15. The lowest BCUT2D eigenvalue weighted by Crippen LogP contribution is -2.28. The number of benzene rings is 2. The summed E-state index contributed by atoms with van der Waals surface area (Å²) in [5.41, 5.74) is 4.68. The van der Waals surface area contributed by atoms with Crippen molar-refractivity contribution in [1.29, 1.82) is 0 Å². The molecule has 0 saturated heterocycles. The maximum absolute atomic E-state index is 11.7. The van der Waals surface area contributed by atoms with Crippen LogP contribution in [0.5, 0.6) is 5.75 Å². The third kappa shape index (κ3) is 4.86. The number of nitrogens with zero attached hydrogens (tertiary/aromatic N) is 2. The number of nitrogens with one attached hydrogen (secondary N) is 2. The molecule has 0 unspecified atom stereocenters. The van der Waals surface area contributed by atoms with Crippen molar-refractivity contribution in [3.8, 4) is 17.0 Å². The number of thiazole rings is 1. The molecule has 31 heavy (non-hydrogen) atoms. The number of aryl methyl sites for hydroxylation is 1. The van der Waals surface area contributed by atoms with E-state index in [9.17, 15) is 9.59 Å². The number of hydrogen-bond donors (Lipinski definition) is 2. The molecule has 0 aliphatic carbocycles. The highest BCUT2D eigenvalue weighted by atomic mass is 32.1. The van der Waals surface area contributed by atoms with Gasteiger partial charge in [0, 0.05) is 31.0 Å². The molecule has 4 rings (SSSR count). The second kappa shape index (κ2) is 9.18. The van der Waals surface area contributed by atoms with Crippen LogP contribution in [0.2, 0.25) is 0 Å². The maximum Gasteiger partial charge on any atom is 0.262 e. The topological polar surface area (TPSA) is 84.7 Å². The zero-order valence-corrected chi connectivity index (χ0v) is 18.3. The van der Waals surface area contributed by atoms with Crippen molar-refractivity contribution in [2.75, 3.05) is 18.5 Å². The molecule has 3 aromatic rings. The number of fused-ring (bicyclic) bond motifs is 1. The number of anilines is 1. The fourth-order valence-corrected chi connectivity index (χ4v) is 4.36. The van der Waals surface area contributed by atoms with Crippen molar-refractivity contribution in [3.05, 3.63) is 58.2 Å². The summed E-state index contributed by atoms with van der Waals surface area (Å²) in [5.74, 6) is 0.421. The number of carbonyl (C=O) groups excluding carboxylic acids is 2. The van der Waals surface area contributed by atoms with Crippen LogP contribution < -0.4 is 20.2 Å². The molecule has 7 nitrogen and oxygen atoms in total. The summed E-state index contributed by atoms with van der Waals surface area (Å²) >= 11 is 1.54. The van der Waals surface area contributed by atoms with Crippen LogP contribution in [0, 0.1) is 0 Å². The van der Waals surface area contributed by atoms with Gasteiger partial charge >= 0.3 is 0 Å². The van der Waals surface area contributed by atoms with E-state index in [1.165, 1.54) is 12.5 Å². The molecule has 2 aromatic carbocycles. The molecule has 2 amide bonds. The molecule has 2 heterocycles. The first-order valence-electron chi connectivity index (χ1n) is 10.2. The predicted molar refractivity (Wildman–Crippen MR) is 122 cm³/mol. The summed E-state index contributed by atoms with van der Waals surface area (Å²) < 4.78 is 7.56. The second-order valence-electron chi connectivity index (χ2n) is 7.22. The first kappa shape index (κ1) is 20.9. The van der Waals surface area contributed by atoms with Gasteiger partial charge in [0.1, 0.15) is 5.75 Å². The smallest absolute Gasteiger partial charge is 0.262 e. The van der Waals surface area contributed by atoms with Crippen LogP contribution in [-0.4, -0.2) is 29.5 Å². The standard InChI is InChI=1S/C23H24N4O3S/c1-3-16-5-4-6-18(11-16)25-23-27(10-9-24-15(2)28)20(14-31-23)17-7-8-21-19(12-17)26-22(29)13-30-21/h4-8,11-12,14H,3,9-10,13H2,1-2H3,(H,24,28)(H,26,29). The van der Waals surface area contributed by atoms with Gasteiger partial charge in [-0.25, -0.2) is 4.99 Å². The Bertz CT molecular complexity index is 1200. The van der Waals surface area contributed by atoms with Gasteiger partial charge in [-0.2, -0.15) is 0 Å². The molecule has 0 radical (unpaired) electrons. The Hall–Kier alpha value is -3.39. The van der Waals surface area contributed by atoms with Crippen molar-refractivity contribution < 1.29 is 14.3 Å². The number of ether oxygens (including phenoxy) is 1. The summed E-state index contributed by atoms with van der Waals surface area (Å²) in [4.78, 5) is 28.8. The van der Waals surface area contributed by atoms with Crippen molar-refractivity contribution in [3.63, 3.8) is 0 Å². The van der Waals surface area contributed by atoms with Crippen LogP contribution in [0.3, 0.4) is 0 Å². The van der Waals surface area contributed by atoms with Crippen molar-refractivity contribution in [2.24, 2.45) is 4.99 Å². The number of aromatic nitrogens is 1. The third-order valence-electron chi connectivity index (χ3n) is 4.96. The minimum Gasteiger partial charge on any atom is -0.482 e. The highest BCUT2D eigenvalue weighted by molar-refractivity contribution is 7.07. The molecule has 0 atom stereocenters. The fraction of sp³-hybridized carbons (Fsp3) is 0.261. The SMILES string of the molecule is CCc1cccc(N=c2scc(-c3ccc4c(c3)NC(=O)CO4)n2CCNC(C)=O)c1. The first-order valence-corrected chi connectivity index (χ1v) is 11.0. The minimum absolute atomic E-state index is 0.0291. The predicted octanol–water partition coefficient (Wildman–Crippen LogP) is 3.48. The van der Waals surface area contributed by atoms with Crippen LogP contribution in [-0.2, 0) is 22.6 Å². The van der Waals surface area contributed by atoms with Gasteiger partial charge in [-0.1, -0.05) is 19.1 Å². The van der Waals surface area contributed by atoms with E-state index in [-0.39, 0.29) is 18.4 Å². The van der Waals surface area contributed by atoms with E-state index in [0.29, 0.717) is 24.5 Å². The van der Waals surface area contributed by atoms with E-state index < -0.39 is 0 Å². The monoisotopic (exact) mass is 436 g/mol. The number of rotatable bonds is 6. The van der Waals surface area contributed by atoms with Gasteiger partial charge in [0.05, 0.1) is 17.1 Å². The normalized spacial score (nSPS) is 13.4. The van der Waals surface area contributed by atoms with E-state index in [4.69, 9.17) is 9.73 Å². The molecular formula is C23H24N4O3S. The van der Waals surface area contributed by atoms with Crippen LogP contribution in [0.15, 0.2) is 52.8 Å². The Morgan fingerprint density at radius 1 is 1.29 bits per heavy atom. The van der Waals surface area contributed by atoms with Gasteiger partial charge in [-0.05, 0) is 42.3 Å². The van der Waals surface area contributed by atoms with Gasteiger partial charge in [0.25, 0.3) is 5.91 Å². The summed E-state index contributed by atoms with van der Waals surface area (Å²) in [5, 5.41) is 7.76. The van der Waals surface area contributed by atoms with Gasteiger partial charge in [-0.3, -0.25) is 9.59 Å². The number of carbonyl (C=O) groups is 2. The first-order chi connectivity index (χ1) is 15.0. The third-order valence-corrected chi connectivity index (χ3v) is 5.82. The van der Waals surface area contributed by atoms with Crippen molar-refractivity contribution in [1.82, 2.24) is 9.88 Å². The lowest BCUT2D eigenvalue weighted by atomic mass is 10.1. The van der Waals surface area contributed by atoms with Gasteiger partial charge in [0.15, 0.2) is 11.4 Å². The van der Waals surface area contributed by atoms with E-state index in [2.05, 4.69) is 34.3 Å². The molecule has 0 fully saturated rings. The molecule has 160 valence electrons. The molecule has 1 aliphatic heterocycles. The molecule has 2 N–H and O–H groups in total. The Morgan fingerprint density at radius 2 is 2.16 bits per heavy atom. The number of amides is 2.